The fourth-order valence-corrected chi connectivity index (χ4v) is 3.11. The van der Waals surface area contributed by atoms with Gasteiger partial charge in [-0.05, 0) is 13.3 Å². The molecule has 1 aliphatic rings. The molecule has 118 valence electrons. The topological polar surface area (TPSA) is 83.0 Å². The third-order valence-electron chi connectivity index (χ3n) is 3.24. The van der Waals surface area contributed by atoms with Crippen molar-refractivity contribution in [3.05, 3.63) is 0 Å². The normalized spacial score (nSPS) is 19.6. The SMILES string of the molecule is CCC(C)NC(=NC)NCCS(=O)(=O)N1CCOCC1. The summed E-state index contributed by atoms with van der Waals surface area (Å²) in [7, 11) is -1.54. The van der Waals surface area contributed by atoms with Gasteiger partial charge in [0.25, 0.3) is 0 Å². The lowest BCUT2D eigenvalue weighted by molar-refractivity contribution is 0.0730. The lowest BCUT2D eigenvalue weighted by atomic mass is 10.3. The molecule has 0 saturated carbocycles. The van der Waals surface area contributed by atoms with Crippen LogP contribution in [0.3, 0.4) is 0 Å². The van der Waals surface area contributed by atoms with Crippen molar-refractivity contribution in [3.8, 4) is 0 Å². The van der Waals surface area contributed by atoms with Gasteiger partial charge in [0.15, 0.2) is 5.96 Å². The Morgan fingerprint density at radius 3 is 2.60 bits per heavy atom. The van der Waals surface area contributed by atoms with E-state index >= 15 is 0 Å². The predicted octanol–water partition coefficient (Wildman–Crippen LogP) is -0.388. The van der Waals surface area contributed by atoms with Crippen LogP contribution < -0.4 is 10.6 Å². The first-order valence-electron chi connectivity index (χ1n) is 7.02. The van der Waals surface area contributed by atoms with E-state index in [-0.39, 0.29) is 5.75 Å². The second-order valence-corrected chi connectivity index (χ2v) is 6.87. The Balaban J connectivity index is 2.38. The van der Waals surface area contributed by atoms with Gasteiger partial charge in [0.1, 0.15) is 0 Å². The van der Waals surface area contributed by atoms with Crippen molar-refractivity contribution in [3.63, 3.8) is 0 Å². The molecule has 1 aliphatic heterocycles. The molecule has 0 aromatic rings. The molecule has 2 N–H and O–H groups in total. The fraction of sp³-hybridized carbons (Fsp3) is 0.917. The Morgan fingerprint density at radius 2 is 2.05 bits per heavy atom. The molecule has 1 rings (SSSR count). The van der Waals surface area contributed by atoms with Gasteiger partial charge < -0.3 is 15.4 Å². The number of nitrogens with one attached hydrogen (secondary N) is 2. The maximum atomic E-state index is 12.1. The van der Waals surface area contributed by atoms with Crippen LogP contribution in [0.1, 0.15) is 20.3 Å². The Hall–Kier alpha value is -0.860. The quantitative estimate of drug-likeness (QED) is 0.516. The molecule has 0 spiro atoms. The monoisotopic (exact) mass is 306 g/mol. The van der Waals surface area contributed by atoms with Crippen molar-refractivity contribution >= 4 is 16.0 Å². The van der Waals surface area contributed by atoms with E-state index < -0.39 is 10.0 Å². The highest BCUT2D eigenvalue weighted by Gasteiger charge is 2.23. The molecule has 0 aromatic carbocycles. The summed E-state index contributed by atoms with van der Waals surface area (Å²) < 4.78 is 30.9. The summed E-state index contributed by atoms with van der Waals surface area (Å²) in [5.41, 5.74) is 0. The summed E-state index contributed by atoms with van der Waals surface area (Å²) in [6.45, 7) is 6.32. The van der Waals surface area contributed by atoms with E-state index in [1.807, 2.05) is 0 Å². The first-order valence-corrected chi connectivity index (χ1v) is 8.63. The standard InChI is InChI=1S/C12H26N4O3S/c1-4-11(2)15-12(13-3)14-5-10-20(17,18)16-6-8-19-9-7-16/h11H,4-10H2,1-3H3,(H2,13,14,15). The predicted molar refractivity (Wildman–Crippen MR) is 80.4 cm³/mol. The highest BCUT2D eigenvalue weighted by molar-refractivity contribution is 7.89. The Kier molecular flexibility index (Phi) is 7.25. The van der Waals surface area contributed by atoms with E-state index in [4.69, 9.17) is 4.74 Å². The maximum Gasteiger partial charge on any atom is 0.215 e. The van der Waals surface area contributed by atoms with Gasteiger partial charge in [-0.3, -0.25) is 4.99 Å². The van der Waals surface area contributed by atoms with Gasteiger partial charge in [-0.1, -0.05) is 6.92 Å². The number of morpholine rings is 1. The van der Waals surface area contributed by atoms with Crippen molar-refractivity contribution < 1.29 is 13.2 Å². The lowest BCUT2D eigenvalue weighted by Crippen LogP contribution is -2.46. The molecule has 1 fully saturated rings. The molecule has 1 atom stereocenters. The van der Waals surface area contributed by atoms with E-state index in [1.54, 1.807) is 7.05 Å². The molecule has 0 bridgehead atoms. The van der Waals surface area contributed by atoms with Crippen LogP contribution in [0, 0.1) is 0 Å². The van der Waals surface area contributed by atoms with E-state index in [0.717, 1.165) is 6.42 Å². The van der Waals surface area contributed by atoms with Crippen LogP contribution in [0.4, 0.5) is 0 Å². The van der Waals surface area contributed by atoms with Crippen LogP contribution >= 0.6 is 0 Å². The summed E-state index contributed by atoms with van der Waals surface area (Å²) in [6.07, 6.45) is 0.979. The van der Waals surface area contributed by atoms with Crippen LogP contribution in [0.25, 0.3) is 0 Å². The zero-order chi connectivity index (χ0) is 15.0. The van der Waals surface area contributed by atoms with Crippen LogP contribution in [-0.4, -0.2) is 70.4 Å². The zero-order valence-electron chi connectivity index (χ0n) is 12.6. The number of nitrogens with zero attached hydrogens (tertiary/aromatic N) is 2. The highest BCUT2D eigenvalue weighted by Crippen LogP contribution is 2.04. The van der Waals surface area contributed by atoms with Crippen LogP contribution in [0.2, 0.25) is 0 Å². The molecule has 0 radical (unpaired) electrons. The number of aliphatic imine (C=N–C) groups is 1. The average molecular weight is 306 g/mol. The smallest absolute Gasteiger partial charge is 0.215 e. The van der Waals surface area contributed by atoms with E-state index in [0.29, 0.717) is 44.8 Å². The highest BCUT2D eigenvalue weighted by atomic mass is 32.2. The van der Waals surface area contributed by atoms with Crippen molar-refractivity contribution in [2.24, 2.45) is 4.99 Å². The minimum Gasteiger partial charge on any atom is -0.379 e. The number of sulfonamides is 1. The molecule has 1 saturated heterocycles. The third-order valence-corrected chi connectivity index (χ3v) is 5.11. The summed E-state index contributed by atoms with van der Waals surface area (Å²) >= 11 is 0. The number of guanidine groups is 1. The molecule has 0 aliphatic carbocycles. The number of hydrogen-bond acceptors (Lipinski definition) is 4. The molecule has 8 heteroatoms. The number of hydrogen-bond donors (Lipinski definition) is 2. The zero-order valence-corrected chi connectivity index (χ0v) is 13.4. The van der Waals surface area contributed by atoms with Crippen LogP contribution in [-0.2, 0) is 14.8 Å². The minimum absolute atomic E-state index is 0.0637. The maximum absolute atomic E-state index is 12.1. The lowest BCUT2D eigenvalue weighted by Gasteiger charge is -2.26. The second-order valence-electron chi connectivity index (χ2n) is 4.78. The first-order chi connectivity index (χ1) is 9.49. The average Bonchev–Trinajstić information content (AvgIpc) is 2.46. The summed E-state index contributed by atoms with van der Waals surface area (Å²) in [6, 6.07) is 0.303. The second kappa shape index (κ2) is 8.43. The number of ether oxygens (including phenoxy) is 1. The van der Waals surface area contributed by atoms with E-state index in [9.17, 15) is 8.42 Å². The number of rotatable bonds is 6. The molecule has 1 heterocycles. The molecule has 1 unspecified atom stereocenters. The van der Waals surface area contributed by atoms with Gasteiger partial charge in [0, 0.05) is 32.7 Å². The Morgan fingerprint density at radius 1 is 1.40 bits per heavy atom. The summed E-state index contributed by atoms with van der Waals surface area (Å²) in [5.74, 6) is 0.699. The van der Waals surface area contributed by atoms with E-state index in [1.165, 1.54) is 4.31 Å². The van der Waals surface area contributed by atoms with Gasteiger partial charge in [0.05, 0.1) is 19.0 Å². The van der Waals surface area contributed by atoms with Gasteiger partial charge in [-0.15, -0.1) is 0 Å². The van der Waals surface area contributed by atoms with E-state index in [2.05, 4.69) is 29.5 Å². The fourth-order valence-electron chi connectivity index (χ4n) is 1.78. The summed E-state index contributed by atoms with van der Waals surface area (Å²) in [4.78, 5) is 4.07. The Labute approximate surface area is 121 Å². The molecule has 20 heavy (non-hydrogen) atoms. The molecular formula is C12H26N4O3S. The van der Waals surface area contributed by atoms with Gasteiger partial charge in [-0.25, -0.2) is 8.42 Å². The Bertz CT molecular complexity index is 405. The van der Waals surface area contributed by atoms with Crippen molar-refractivity contribution in [1.82, 2.24) is 14.9 Å². The summed E-state index contributed by atoms with van der Waals surface area (Å²) in [5, 5.41) is 6.22. The minimum atomic E-state index is -3.21. The molecule has 7 nitrogen and oxygen atoms in total. The molecule has 0 aromatic heterocycles. The molecular weight excluding hydrogens is 280 g/mol. The largest absolute Gasteiger partial charge is 0.379 e. The third kappa shape index (κ3) is 5.64. The van der Waals surface area contributed by atoms with Crippen LogP contribution in [0.5, 0.6) is 0 Å². The van der Waals surface area contributed by atoms with Gasteiger partial charge in [0.2, 0.25) is 10.0 Å². The van der Waals surface area contributed by atoms with Crippen molar-refractivity contribution in [2.75, 3.05) is 45.6 Å². The molecule has 0 amide bonds. The van der Waals surface area contributed by atoms with Crippen molar-refractivity contribution in [2.45, 2.75) is 26.3 Å². The van der Waals surface area contributed by atoms with Gasteiger partial charge in [-0.2, -0.15) is 4.31 Å². The van der Waals surface area contributed by atoms with Crippen molar-refractivity contribution in [1.29, 1.82) is 0 Å². The van der Waals surface area contributed by atoms with Crippen LogP contribution in [0.15, 0.2) is 4.99 Å². The first kappa shape index (κ1) is 17.2. The van der Waals surface area contributed by atoms with Gasteiger partial charge >= 0.3 is 0 Å².